The molecule has 23 heavy (non-hydrogen) atoms. The summed E-state index contributed by atoms with van der Waals surface area (Å²) in [6.07, 6.45) is 8.57. The first kappa shape index (κ1) is 17.2. The molecule has 3 saturated heterocycles. The number of piperidine rings is 1. The van der Waals surface area contributed by atoms with E-state index in [0.717, 1.165) is 51.9 Å². The fraction of sp³-hybridized carbons (Fsp3) is 0.944. The minimum atomic E-state index is -0.587. The SMILES string of the molecule is CN1CCCCCC1C(=O)N1CCC(O)(CN2CCCC2)CC1. The monoisotopic (exact) mass is 323 g/mol. The number of nitrogens with zero attached hydrogens (tertiary/aromatic N) is 3. The zero-order valence-electron chi connectivity index (χ0n) is 14.7. The van der Waals surface area contributed by atoms with Crippen LogP contribution < -0.4 is 0 Å². The number of likely N-dealkylation sites (N-methyl/N-ethyl adjacent to an activating group) is 1. The quantitative estimate of drug-likeness (QED) is 0.851. The highest BCUT2D eigenvalue weighted by molar-refractivity contribution is 5.82. The Morgan fingerprint density at radius 1 is 1.00 bits per heavy atom. The molecule has 1 amide bonds. The number of rotatable bonds is 3. The van der Waals surface area contributed by atoms with E-state index in [1.165, 1.54) is 25.7 Å². The van der Waals surface area contributed by atoms with Crippen LogP contribution in [0.25, 0.3) is 0 Å². The minimum Gasteiger partial charge on any atom is -0.388 e. The van der Waals surface area contributed by atoms with Crippen molar-refractivity contribution < 1.29 is 9.90 Å². The van der Waals surface area contributed by atoms with E-state index in [0.29, 0.717) is 13.1 Å². The number of carbonyl (C=O) groups excluding carboxylic acids is 1. The molecular weight excluding hydrogens is 290 g/mol. The fourth-order valence-corrected chi connectivity index (χ4v) is 4.43. The van der Waals surface area contributed by atoms with Crippen LogP contribution in [0.15, 0.2) is 0 Å². The normalized spacial score (nSPS) is 30.3. The van der Waals surface area contributed by atoms with Gasteiger partial charge in [-0.2, -0.15) is 0 Å². The lowest BCUT2D eigenvalue weighted by atomic mass is 9.90. The molecule has 0 radical (unpaired) electrons. The molecule has 0 aliphatic carbocycles. The van der Waals surface area contributed by atoms with Gasteiger partial charge in [-0.25, -0.2) is 0 Å². The van der Waals surface area contributed by atoms with Gasteiger partial charge < -0.3 is 14.9 Å². The van der Waals surface area contributed by atoms with Gasteiger partial charge in [0, 0.05) is 19.6 Å². The Hall–Kier alpha value is -0.650. The first-order valence-corrected chi connectivity index (χ1v) is 9.51. The minimum absolute atomic E-state index is 0.0577. The first-order valence-electron chi connectivity index (χ1n) is 9.51. The van der Waals surface area contributed by atoms with Gasteiger partial charge in [0.05, 0.1) is 11.6 Å². The molecule has 0 bridgehead atoms. The Balaban J connectivity index is 1.52. The molecule has 1 atom stereocenters. The smallest absolute Gasteiger partial charge is 0.239 e. The van der Waals surface area contributed by atoms with Crippen molar-refractivity contribution in [2.75, 3.05) is 46.3 Å². The molecule has 5 nitrogen and oxygen atoms in total. The molecule has 3 aliphatic heterocycles. The maximum atomic E-state index is 12.9. The third kappa shape index (κ3) is 4.25. The molecule has 0 aromatic carbocycles. The van der Waals surface area contributed by atoms with Crippen LogP contribution in [0.2, 0.25) is 0 Å². The highest BCUT2D eigenvalue weighted by atomic mass is 16.3. The molecule has 132 valence electrons. The summed E-state index contributed by atoms with van der Waals surface area (Å²) in [5, 5.41) is 10.8. The van der Waals surface area contributed by atoms with Crippen LogP contribution in [0, 0.1) is 0 Å². The second-order valence-electron chi connectivity index (χ2n) is 7.88. The molecule has 0 aromatic heterocycles. The predicted molar refractivity (Wildman–Crippen MR) is 91.3 cm³/mol. The molecule has 0 saturated carbocycles. The van der Waals surface area contributed by atoms with Gasteiger partial charge in [-0.15, -0.1) is 0 Å². The summed E-state index contributed by atoms with van der Waals surface area (Å²) < 4.78 is 0. The number of carbonyl (C=O) groups is 1. The number of likely N-dealkylation sites (tertiary alicyclic amines) is 3. The lowest BCUT2D eigenvalue weighted by Gasteiger charge is -2.41. The number of hydrogen-bond donors (Lipinski definition) is 1. The summed E-state index contributed by atoms with van der Waals surface area (Å²) >= 11 is 0. The van der Waals surface area contributed by atoms with Crippen LogP contribution in [0.4, 0.5) is 0 Å². The predicted octanol–water partition coefficient (Wildman–Crippen LogP) is 1.31. The zero-order valence-corrected chi connectivity index (χ0v) is 14.7. The van der Waals surface area contributed by atoms with E-state index in [-0.39, 0.29) is 11.9 Å². The number of hydrogen-bond acceptors (Lipinski definition) is 4. The summed E-state index contributed by atoms with van der Waals surface area (Å²) in [6, 6.07) is 0.0577. The fourth-order valence-electron chi connectivity index (χ4n) is 4.43. The van der Waals surface area contributed by atoms with Gasteiger partial charge in [0.1, 0.15) is 0 Å². The van der Waals surface area contributed by atoms with Crippen molar-refractivity contribution in [1.82, 2.24) is 14.7 Å². The lowest BCUT2D eigenvalue weighted by molar-refractivity contribution is -0.141. The molecule has 5 heteroatoms. The first-order chi connectivity index (χ1) is 11.1. The zero-order chi connectivity index (χ0) is 16.3. The van der Waals surface area contributed by atoms with Gasteiger partial charge in [-0.1, -0.05) is 12.8 Å². The van der Waals surface area contributed by atoms with Crippen molar-refractivity contribution in [1.29, 1.82) is 0 Å². The highest BCUT2D eigenvalue weighted by Crippen LogP contribution is 2.26. The topological polar surface area (TPSA) is 47.0 Å². The van der Waals surface area contributed by atoms with Gasteiger partial charge in [0.2, 0.25) is 5.91 Å². The molecule has 1 N–H and O–H groups in total. The molecule has 3 rings (SSSR count). The average Bonchev–Trinajstić information content (AvgIpc) is 2.93. The molecule has 3 fully saturated rings. The largest absolute Gasteiger partial charge is 0.388 e. The molecule has 3 aliphatic rings. The van der Waals surface area contributed by atoms with Gasteiger partial charge >= 0.3 is 0 Å². The summed E-state index contributed by atoms with van der Waals surface area (Å²) in [7, 11) is 2.08. The Bertz CT molecular complexity index is 401. The second kappa shape index (κ2) is 7.49. The maximum Gasteiger partial charge on any atom is 0.239 e. The Morgan fingerprint density at radius 3 is 2.35 bits per heavy atom. The number of amides is 1. The summed E-state index contributed by atoms with van der Waals surface area (Å²) in [6.45, 7) is 5.50. The van der Waals surface area contributed by atoms with Crippen molar-refractivity contribution in [2.24, 2.45) is 0 Å². The van der Waals surface area contributed by atoms with Crippen LogP contribution in [-0.2, 0) is 4.79 Å². The second-order valence-corrected chi connectivity index (χ2v) is 7.88. The van der Waals surface area contributed by atoms with E-state index >= 15 is 0 Å². The summed E-state index contributed by atoms with van der Waals surface area (Å²) in [4.78, 5) is 19.5. The third-order valence-corrected chi connectivity index (χ3v) is 6.03. The Morgan fingerprint density at radius 2 is 1.65 bits per heavy atom. The molecular formula is C18H33N3O2. The van der Waals surface area contributed by atoms with Gasteiger partial charge in [0.15, 0.2) is 0 Å². The lowest BCUT2D eigenvalue weighted by Crippen LogP contribution is -2.55. The van der Waals surface area contributed by atoms with E-state index < -0.39 is 5.60 Å². The standard InChI is InChI=1S/C18H33N3O2/c1-19-10-4-2-3-7-16(19)17(22)21-13-8-18(23,9-14-21)15-20-11-5-6-12-20/h16,23H,2-15H2,1H3. The van der Waals surface area contributed by atoms with Crippen LogP contribution in [0.5, 0.6) is 0 Å². The number of aliphatic hydroxyl groups is 1. The molecule has 1 unspecified atom stereocenters. The van der Waals surface area contributed by atoms with Crippen LogP contribution in [0.1, 0.15) is 51.4 Å². The molecule has 3 heterocycles. The van der Waals surface area contributed by atoms with E-state index in [1.54, 1.807) is 0 Å². The van der Waals surface area contributed by atoms with Crippen molar-refractivity contribution in [2.45, 2.75) is 63.0 Å². The summed E-state index contributed by atoms with van der Waals surface area (Å²) in [5.74, 6) is 0.289. The van der Waals surface area contributed by atoms with E-state index in [9.17, 15) is 9.90 Å². The third-order valence-electron chi connectivity index (χ3n) is 6.03. The van der Waals surface area contributed by atoms with Crippen molar-refractivity contribution in [3.63, 3.8) is 0 Å². The van der Waals surface area contributed by atoms with Gasteiger partial charge in [-0.05, 0) is 65.2 Å². The van der Waals surface area contributed by atoms with E-state index in [2.05, 4.69) is 16.8 Å². The summed E-state index contributed by atoms with van der Waals surface area (Å²) in [5.41, 5.74) is -0.587. The maximum absolute atomic E-state index is 12.9. The van der Waals surface area contributed by atoms with Gasteiger partial charge in [-0.3, -0.25) is 9.69 Å². The van der Waals surface area contributed by atoms with Crippen molar-refractivity contribution >= 4 is 5.91 Å². The Kier molecular flexibility index (Phi) is 5.60. The highest BCUT2D eigenvalue weighted by Gasteiger charge is 2.38. The van der Waals surface area contributed by atoms with Crippen LogP contribution in [0.3, 0.4) is 0 Å². The van der Waals surface area contributed by atoms with Crippen molar-refractivity contribution in [3.8, 4) is 0 Å². The van der Waals surface area contributed by atoms with Crippen LogP contribution in [-0.4, -0.2) is 83.7 Å². The van der Waals surface area contributed by atoms with E-state index in [4.69, 9.17) is 0 Å². The van der Waals surface area contributed by atoms with Crippen molar-refractivity contribution in [3.05, 3.63) is 0 Å². The molecule has 0 aromatic rings. The molecule has 0 spiro atoms. The Labute approximate surface area is 140 Å². The average molecular weight is 323 g/mol. The van der Waals surface area contributed by atoms with Crippen LogP contribution >= 0.6 is 0 Å². The van der Waals surface area contributed by atoms with E-state index in [1.807, 2.05) is 4.90 Å². The number of β-amino-alcohol motifs (C(OH)–C–C–N with tert-alkyl or cyclic N) is 1. The van der Waals surface area contributed by atoms with Gasteiger partial charge in [0.25, 0.3) is 0 Å².